The number of aromatic nitrogens is 4. The second-order valence-electron chi connectivity index (χ2n) is 22.8. The van der Waals surface area contributed by atoms with Crippen molar-refractivity contribution in [1.82, 2.24) is 14.1 Å². The van der Waals surface area contributed by atoms with Crippen LogP contribution < -0.4 is 34.8 Å². The molecule has 0 atom stereocenters. The van der Waals surface area contributed by atoms with Crippen molar-refractivity contribution in [2.75, 3.05) is 9.62 Å². The van der Waals surface area contributed by atoms with E-state index in [2.05, 4.69) is 312 Å². The van der Waals surface area contributed by atoms with Crippen LogP contribution in [0.25, 0.3) is 72.3 Å². The van der Waals surface area contributed by atoms with Gasteiger partial charge in [0.05, 0.1) is 28.1 Å². The van der Waals surface area contributed by atoms with E-state index in [1.165, 1.54) is 21.5 Å². The maximum atomic E-state index is 6.95. The van der Waals surface area contributed by atoms with Gasteiger partial charge in [-0.3, -0.25) is 4.57 Å². The third kappa shape index (κ3) is 8.28. The average molecular weight is 1250 g/mol. The molecule has 13 aromatic rings. The summed E-state index contributed by atoms with van der Waals surface area (Å²) in [5.41, 5.74) is 17.5. The molecule has 0 saturated heterocycles. The molecule has 5 heterocycles. The van der Waals surface area contributed by atoms with Crippen molar-refractivity contribution < 1.29 is 30.4 Å². The Morgan fingerprint density at radius 2 is 1.12 bits per heavy atom. The van der Waals surface area contributed by atoms with Crippen LogP contribution >= 0.6 is 0 Å². The fourth-order valence-corrected chi connectivity index (χ4v) is 15.5. The first-order chi connectivity index (χ1) is 39.6. The summed E-state index contributed by atoms with van der Waals surface area (Å²) in [6.45, 7) is 11.3. The number of rotatable bonds is 9. The smallest absolute Gasteiger partial charge is 0.420 e. The van der Waals surface area contributed by atoms with E-state index in [1.807, 2.05) is 6.20 Å². The Morgan fingerprint density at radius 1 is 0.537 bits per heavy atom. The molecule has 7 nitrogen and oxygen atoms in total. The van der Waals surface area contributed by atoms with Crippen LogP contribution in [-0.2, 0) is 26.5 Å². The van der Waals surface area contributed by atoms with Gasteiger partial charge in [-0.05, 0) is 93.2 Å². The molecule has 0 aliphatic carbocycles. The third-order valence-electron chi connectivity index (χ3n) is 16.6. The second kappa shape index (κ2) is 19.9. The molecule has 82 heavy (non-hydrogen) atoms. The maximum absolute atomic E-state index is 6.95. The van der Waals surface area contributed by atoms with E-state index in [4.69, 9.17) is 9.72 Å². The minimum atomic E-state index is -2.17. The summed E-state index contributed by atoms with van der Waals surface area (Å²) < 4.78 is 13.6. The number of imidazole rings is 1. The first-order valence-electron chi connectivity index (χ1n) is 27.8. The van der Waals surface area contributed by atoms with Gasteiger partial charge in [0.25, 0.3) is 6.33 Å². The third-order valence-corrected chi connectivity index (χ3v) is 20.1. The Morgan fingerprint density at radius 3 is 1.77 bits per heavy atom. The van der Waals surface area contributed by atoms with Crippen molar-refractivity contribution in [3.8, 4) is 50.9 Å². The van der Waals surface area contributed by atoms with Crippen molar-refractivity contribution in [3.63, 3.8) is 0 Å². The Bertz CT molecular complexity index is 4500. The van der Waals surface area contributed by atoms with E-state index < -0.39 is 8.07 Å². The fourth-order valence-electron chi connectivity index (χ4n) is 12.6. The van der Waals surface area contributed by atoms with Gasteiger partial charge >= 0.3 is 6.98 Å². The van der Waals surface area contributed by atoms with Gasteiger partial charge in [-0.2, -0.15) is 12.1 Å². The predicted octanol–water partition coefficient (Wildman–Crippen LogP) is 15.0. The molecule has 0 N–H and O–H groups in total. The molecular weight excluding hydrogens is 1200 g/mol. The molecule has 3 aromatic heterocycles. The van der Waals surface area contributed by atoms with Gasteiger partial charge in [0.2, 0.25) is 0 Å². The monoisotopic (exact) mass is 1250 g/mol. The van der Waals surface area contributed by atoms with Crippen molar-refractivity contribution in [2.45, 2.75) is 39.3 Å². The Hall–Kier alpha value is -9.01. The van der Waals surface area contributed by atoms with Crippen LogP contribution in [0.1, 0.15) is 26.3 Å². The quantitative estimate of drug-likeness (QED) is 0.0821. The molecule has 0 bridgehead atoms. The number of anilines is 4. The number of fused-ring (bicyclic) bond motifs is 6. The van der Waals surface area contributed by atoms with Crippen LogP contribution in [0.5, 0.6) is 11.5 Å². The number of benzene rings is 10. The zero-order chi connectivity index (χ0) is 54.6. The van der Waals surface area contributed by atoms with Crippen molar-refractivity contribution >= 4 is 86.5 Å². The van der Waals surface area contributed by atoms with Gasteiger partial charge in [-0.25, -0.2) is 4.98 Å². The van der Waals surface area contributed by atoms with Crippen molar-refractivity contribution in [2.24, 2.45) is 0 Å². The summed E-state index contributed by atoms with van der Waals surface area (Å²) in [6.07, 6.45) is 5.67. The number of hydrogen-bond acceptors (Lipinski definition) is 4. The first-order valence-corrected chi connectivity index (χ1v) is 30.8. The van der Waals surface area contributed by atoms with Gasteiger partial charge in [-0.1, -0.05) is 202 Å². The summed E-state index contributed by atoms with van der Waals surface area (Å²) >= 11 is 0. The van der Waals surface area contributed by atoms with E-state index in [0.717, 1.165) is 95.0 Å². The minimum Gasteiger partial charge on any atom is -0.510 e. The molecule has 0 unspecified atom stereocenters. The van der Waals surface area contributed by atoms with Crippen molar-refractivity contribution in [1.29, 1.82) is 0 Å². The van der Waals surface area contributed by atoms with Gasteiger partial charge in [0, 0.05) is 74.9 Å². The average Bonchev–Trinajstić information content (AvgIpc) is 4.17. The minimum absolute atomic E-state index is 0. The number of ether oxygens (including phenoxy) is 1. The molecule has 0 saturated carbocycles. The Labute approximate surface area is 494 Å². The van der Waals surface area contributed by atoms with Crippen LogP contribution in [0.3, 0.4) is 0 Å². The number of pyridine rings is 1. The summed E-state index contributed by atoms with van der Waals surface area (Å²) in [5.74, 6) is 2.02. The number of hydrogen-bond donors (Lipinski definition) is 0. The van der Waals surface area contributed by atoms with Crippen LogP contribution in [0.4, 0.5) is 22.7 Å². The standard InChI is InChI=1S/C72H55BN6OSi.Pt/c1-72(2,3)51-42-43-74-70(44-51)77-60-40-36-52(73-78(61-30-17-15-28-56(61)49-22-9-6-10-23-49)63-32-19-20-33-64(63)79(73)62-31-18-16-29-57(62)50-24-11-7-12-25-50)45-59(60)58-39-37-54(46-66(58)77)80-55-38-41-68-67(47-55)76-48-75(53-26-13-8-14-27-53)65-34-21-35-69(71(65)76)81(68,4)5;/h6-45H,1-5H3;/q-2;. The maximum Gasteiger partial charge on any atom is 0.420 e. The first kappa shape index (κ1) is 51.2. The summed E-state index contributed by atoms with van der Waals surface area (Å²) in [7, 11) is -2.17. The topological polar surface area (TPSA) is 42.3 Å². The zero-order valence-corrected chi connectivity index (χ0v) is 49.4. The molecule has 10 heteroatoms. The van der Waals surface area contributed by atoms with Gasteiger partial charge in [-0.15, -0.1) is 34.8 Å². The van der Waals surface area contributed by atoms with Crippen molar-refractivity contribution in [3.05, 3.63) is 267 Å². The Balaban J connectivity index is 0.00000602. The van der Waals surface area contributed by atoms with Crippen LogP contribution in [0.15, 0.2) is 243 Å². The van der Waals surface area contributed by atoms with E-state index in [1.54, 1.807) is 0 Å². The van der Waals surface area contributed by atoms with E-state index in [0.29, 0.717) is 11.5 Å². The summed E-state index contributed by atoms with van der Waals surface area (Å²) in [4.78, 5) is 10.2. The van der Waals surface area contributed by atoms with Gasteiger partial charge in [0.1, 0.15) is 5.82 Å². The molecule has 0 spiro atoms. The molecule has 2 aliphatic heterocycles. The molecule has 15 rings (SSSR count). The van der Waals surface area contributed by atoms with Crippen LogP contribution in [-0.4, -0.2) is 29.2 Å². The molecule has 10 aromatic carbocycles. The Kier molecular flexibility index (Phi) is 12.4. The number of para-hydroxylation sites is 6. The molecule has 0 amide bonds. The van der Waals surface area contributed by atoms with E-state index >= 15 is 0 Å². The molecule has 2 aliphatic rings. The van der Waals surface area contributed by atoms with Gasteiger partial charge < -0.3 is 23.5 Å². The molecule has 0 radical (unpaired) electrons. The molecule has 398 valence electrons. The summed E-state index contributed by atoms with van der Waals surface area (Å²) in [5, 5.41) is 4.79. The molecule has 0 fully saturated rings. The molecular formula is C72H55BN6OPtSi-2. The largest absolute Gasteiger partial charge is 0.510 e. The SMILES string of the molecule is CC(C)(C)c1ccnc(-n2c3[c-]c(Oc4[c-]c5c(cc4)[Si](C)(C)c4cccc6c4n-5[c-][n+]6-c4ccccc4)ccc3c3cc(B4N(c5ccccc5-c5ccccc5)c5ccccc5N4c4ccccc4-c4ccccc4)ccc32)c1.[Pt]. The second-order valence-corrected chi connectivity index (χ2v) is 27.1. The normalized spacial score (nSPS) is 13.4. The fraction of sp³-hybridized carbons (Fsp3) is 0.0833. The zero-order valence-electron chi connectivity index (χ0n) is 46.1. The van der Waals surface area contributed by atoms with Crippen LogP contribution in [0, 0.1) is 18.5 Å². The van der Waals surface area contributed by atoms with E-state index in [-0.39, 0.29) is 33.5 Å². The summed E-state index contributed by atoms with van der Waals surface area (Å²) in [6, 6.07) is 92.7. The van der Waals surface area contributed by atoms with E-state index in [9.17, 15) is 0 Å². The number of nitrogens with zero attached hydrogens (tertiary/aromatic N) is 6. The predicted molar refractivity (Wildman–Crippen MR) is 335 cm³/mol. The van der Waals surface area contributed by atoms with Gasteiger partial charge in [0.15, 0.2) is 0 Å². The van der Waals surface area contributed by atoms with Crippen LogP contribution in [0.2, 0.25) is 13.1 Å².